The molecule has 0 saturated carbocycles. The molecule has 1 unspecified atom stereocenters. The van der Waals surface area contributed by atoms with Crippen LogP contribution in [0.2, 0.25) is 5.02 Å². The van der Waals surface area contributed by atoms with Crippen molar-refractivity contribution < 1.29 is 9.53 Å². The van der Waals surface area contributed by atoms with Crippen molar-refractivity contribution in [1.29, 1.82) is 0 Å². The van der Waals surface area contributed by atoms with E-state index in [1.165, 1.54) is 0 Å². The molecule has 1 aromatic rings. The third-order valence-corrected chi connectivity index (χ3v) is 2.42. The van der Waals surface area contributed by atoms with E-state index >= 15 is 0 Å². The van der Waals surface area contributed by atoms with Crippen LogP contribution in [0, 0.1) is 0 Å². The molecule has 72 valence electrons. The average molecular weight is 209 g/mol. The first kappa shape index (κ1) is 9.28. The van der Waals surface area contributed by atoms with Gasteiger partial charge in [-0.15, -0.1) is 0 Å². The smallest absolute Gasteiger partial charge is 0.160 e. The molecule has 14 heavy (non-hydrogen) atoms. The van der Waals surface area contributed by atoms with Crippen LogP contribution in [0.3, 0.4) is 0 Å². The lowest BCUT2D eigenvalue weighted by Crippen LogP contribution is -2.05. The second-order valence-electron chi connectivity index (χ2n) is 3.16. The Kier molecular flexibility index (Phi) is 2.55. The summed E-state index contributed by atoms with van der Waals surface area (Å²) in [6.45, 7) is 0. The average Bonchev–Trinajstić information content (AvgIpc) is 2.67. The van der Waals surface area contributed by atoms with Gasteiger partial charge < -0.3 is 4.74 Å². The molecule has 0 aliphatic carbocycles. The topological polar surface area (TPSA) is 26.3 Å². The van der Waals surface area contributed by atoms with E-state index in [9.17, 15) is 4.79 Å². The minimum absolute atomic E-state index is 0.319. The predicted molar refractivity (Wildman–Crippen MR) is 55.0 cm³/mol. The molecule has 2 nitrogen and oxygen atoms in total. The Bertz CT molecular complexity index is 367. The highest BCUT2D eigenvalue weighted by Gasteiger charge is 2.18. The number of carbonyl (C=O) groups is 1. The standard InChI is InChI=1S/C11H9ClO2/c12-10-3-1-8(2-4-10)9-5-11(6-13)14-7-9/h1-4,6-7,11H,5H2. The fourth-order valence-electron chi connectivity index (χ4n) is 1.41. The van der Waals surface area contributed by atoms with Gasteiger partial charge in [0.25, 0.3) is 0 Å². The van der Waals surface area contributed by atoms with Gasteiger partial charge in [0.15, 0.2) is 12.4 Å². The second kappa shape index (κ2) is 3.84. The summed E-state index contributed by atoms with van der Waals surface area (Å²) in [5, 5.41) is 0.709. The molecular formula is C11H9ClO2. The Morgan fingerprint density at radius 3 is 2.64 bits per heavy atom. The van der Waals surface area contributed by atoms with Gasteiger partial charge in [-0.1, -0.05) is 23.7 Å². The maximum absolute atomic E-state index is 10.5. The van der Waals surface area contributed by atoms with Crippen LogP contribution >= 0.6 is 11.6 Å². The molecule has 0 bridgehead atoms. The zero-order valence-electron chi connectivity index (χ0n) is 7.44. The zero-order chi connectivity index (χ0) is 9.97. The fraction of sp³-hybridized carbons (Fsp3) is 0.182. The monoisotopic (exact) mass is 208 g/mol. The van der Waals surface area contributed by atoms with Crippen molar-refractivity contribution in [3.63, 3.8) is 0 Å². The van der Waals surface area contributed by atoms with Crippen molar-refractivity contribution >= 4 is 23.5 Å². The third kappa shape index (κ3) is 1.80. The molecular weight excluding hydrogens is 200 g/mol. The molecule has 0 spiro atoms. The van der Waals surface area contributed by atoms with E-state index in [2.05, 4.69) is 0 Å². The highest BCUT2D eigenvalue weighted by atomic mass is 35.5. The van der Waals surface area contributed by atoms with E-state index < -0.39 is 0 Å². The number of aldehydes is 1. The first-order valence-electron chi connectivity index (χ1n) is 4.35. The largest absolute Gasteiger partial charge is 0.490 e. The van der Waals surface area contributed by atoms with Gasteiger partial charge in [-0.3, -0.25) is 4.79 Å². The van der Waals surface area contributed by atoms with E-state index in [4.69, 9.17) is 16.3 Å². The number of hydrogen-bond donors (Lipinski definition) is 0. The molecule has 0 N–H and O–H groups in total. The lowest BCUT2D eigenvalue weighted by Gasteiger charge is -2.01. The molecule has 3 heteroatoms. The minimum atomic E-state index is -0.319. The van der Waals surface area contributed by atoms with Gasteiger partial charge in [-0.2, -0.15) is 0 Å². The van der Waals surface area contributed by atoms with Gasteiger partial charge in [-0.05, 0) is 23.3 Å². The van der Waals surface area contributed by atoms with Crippen molar-refractivity contribution in [3.8, 4) is 0 Å². The molecule has 1 atom stereocenters. The maximum atomic E-state index is 10.5. The lowest BCUT2D eigenvalue weighted by molar-refractivity contribution is -0.114. The number of hydrogen-bond acceptors (Lipinski definition) is 2. The van der Waals surface area contributed by atoms with Gasteiger partial charge in [-0.25, -0.2) is 0 Å². The van der Waals surface area contributed by atoms with Crippen LogP contribution in [0.1, 0.15) is 12.0 Å². The Balaban J connectivity index is 2.17. The summed E-state index contributed by atoms with van der Waals surface area (Å²) in [7, 11) is 0. The van der Waals surface area contributed by atoms with Gasteiger partial charge in [0.05, 0.1) is 6.26 Å². The molecule has 2 rings (SSSR count). The van der Waals surface area contributed by atoms with Crippen LogP contribution in [0.15, 0.2) is 30.5 Å². The molecule has 0 fully saturated rings. The molecule has 1 heterocycles. The minimum Gasteiger partial charge on any atom is -0.490 e. The van der Waals surface area contributed by atoms with E-state index in [0.717, 1.165) is 17.4 Å². The first-order chi connectivity index (χ1) is 6.79. The molecule has 0 amide bonds. The highest BCUT2D eigenvalue weighted by Crippen LogP contribution is 2.27. The fourth-order valence-corrected chi connectivity index (χ4v) is 1.54. The highest BCUT2D eigenvalue weighted by molar-refractivity contribution is 6.30. The third-order valence-electron chi connectivity index (χ3n) is 2.17. The Morgan fingerprint density at radius 1 is 1.36 bits per heavy atom. The Labute approximate surface area is 87.1 Å². The quantitative estimate of drug-likeness (QED) is 0.699. The van der Waals surface area contributed by atoms with Crippen LogP contribution in [0.25, 0.3) is 5.57 Å². The lowest BCUT2D eigenvalue weighted by atomic mass is 10.0. The van der Waals surface area contributed by atoms with Crippen LogP contribution in [-0.2, 0) is 9.53 Å². The summed E-state index contributed by atoms with van der Waals surface area (Å²) in [5.41, 5.74) is 2.09. The Hall–Kier alpha value is -1.28. The molecule has 1 aromatic carbocycles. The van der Waals surface area contributed by atoms with Crippen molar-refractivity contribution in [1.82, 2.24) is 0 Å². The van der Waals surface area contributed by atoms with Crippen LogP contribution in [-0.4, -0.2) is 12.4 Å². The second-order valence-corrected chi connectivity index (χ2v) is 3.60. The van der Waals surface area contributed by atoms with Gasteiger partial charge in [0, 0.05) is 11.4 Å². The van der Waals surface area contributed by atoms with Gasteiger partial charge >= 0.3 is 0 Å². The first-order valence-corrected chi connectivity index (χ1v) is 4.73. The summed E-state index contributed by atoms with van der Waals surface area (Å²) in [6, 6.07) is 7.49. The van der Waals surface area contributed by atoms with E-state index in [-0.39, 0.29) is 6.10 Å². The number of ether oxygens (including phenoxy) is 1. The van der Waals surface area contributed by atoms with Crippen LogP contribution < -0.4 is 0 Å². The molecule has 0 radical (unpaired) electrons. The normalized spacial score (nSPS) is 20.1. The summed E-state index contributed by atoms with van der Waals surface area (Å²) < 4.78 is 5.14. The van der Waals surface area contributed by atoms with Crippen LogP contribution in [0.4, 0.5) is 0 Å². The van der Waals surface area contributed by atoms with Crippen molar-refractivity contribution in [2.45, 2.75) is 12.5 Å². The number of carbonyl (C=O) groups excluding carboxylic acids is 1. The van der Waals surface area contributed by atoms with Crippen LogP contribution in [0.5, 0.6) is 0 Å². The summed E-state index contributed by atoms with van der Waals surface area (Å²) in [6.07, 6.45) is 2.79. The van der Waals surface area contributed by atoms with E-state index in [1.807, 2.05) is 24.3 Å². The molecule has 0 aromatic heterocycles. The molecule has 1 aliphatic rings. The number of halogens is 1. The van der Waals surface area contributed by atoms with Gasteiger partial charge in [0.1, 0.15) is 0 Å². The van der Waals surface area contributed by atoms with Crippen molar-refractivity contribution in [2.24, 2.45) is 0 Å². The van der Waals surface area contributed by atoms with Crippen molar-refractivity contribution in [2.75, 3.05) is 0 Å². The molecule has 0 saturated heterocycles. The number of benzene rings is 1. The van der Waals surface area contributed by atoms with E-state index in [1.54, 1.807) is 6.26 Å². The van der Waals surface area contributed by atoms with E-state index in [0.29, 0.717) is 11.4 Å². The predicted octanol–water partition coefficient (Wildman–Crippen LogP) is 2.67. The maximum Gasteiger partial charge on any atom is 0.160 e. The SMILES string of the molecule is O=CC1CC(c2ccc(Cl)cc2)=CO1. The zero-order valence-corrected chi connectivity index (χ0v) is 8.20. The summed E-state index contributed by atoms with van der Waals surface area (Å²) in [4.78, 5) is 10.5. The van der Waals surface area contributed by atoms with Crippen molar-refractivity contribution in [3.05, 3.63) is 41.1 Å². The molecule has 1 aliphatic heterocycles. The Morgan fingerprint density at radius 2 is 2.07 bits per heavy atom. The summed E-state index contributed by atoms with van der Waals surface area (Å²) in [5.74, 6) is 0. The summed E-state index contributed by atoms with van der Waals surface area (Å²) >= 11 is 5.77. The van der Waals surface area contributed by atoms with Gasteiger partial charge in [0.2, 0.25) is 0 Å². The number of rotatable bonds is 2.